The van der Waals surface area contributed by atoms with Gasteiger partial charge in [-0.15, -0.1) is 5.73 Å². The summed E-state index contributed by atoms with van der Waals surface area (Å²) in [6.45, 7) is 4.53. The van der Waals surface area contributed by atoms with Gasteiger partial charge in [0.25, 0.3) is 0 Å². The Balaban J connectivity index is 2.56. The fraction of sp³-hybridized carbons (Fsp3) is 0.444. The summed E-state index contributed by atoms with van der Waals surface area (Å²) < 4.78 is 0. The lowest BCUT2D eigenvalue weighted by molar-refractivity contribution is 0.415. The van der Waals surface area contributed by atoms with E-state index in [0.717, 1.165) is 0 Å². The van der Waals surface area contributed by atoms with Crippen LogP contribution in [0.1, 0.15) is 13.8 Å². The fourth-order valence-corrected chi connectivity index (χ4v) is 1.51. The number of hydrogen-bond acceptors (Lipinski definition) is 0. The van der Waals surface area contributed by atoms with Crippen LogP contribution in [0.5, 0.6) is 0 Å². The Morgan fingerprint density at radius 3 is 2.44 bits per heavy atom. The van der Waals surface area contributed by atoms with Crippen LogP contribution in [0, 0.1) is 11.3 Å². The van der Waals surface area contributed by atoms with Crippen molar-refractivity contribution in [1.82, 2.24) is 0 Å². The molecule has 2 aliphatic rings. The highest BCUT2D eigenvalue weighted by atomic mass is 14.4. The third-order valence-electron chi connectivity index (χ3n) is 2.42. The molecule has 0 aliphatic heterocycles. The summed E-state index contributed by atoms with van der Waals surface area (Å²) in [6.07, 6.45) is 6.60. The second-order valence-corrected chi connectivity index (χ2v) is 3.33. The van der Waals surface area contributed by atoms with E-state index in [1.165, 1.54) is 5.57 Å². The molecule has 9 heavy (non-hydrogen) atoms. The molecule has 0 fully saturated rings. The van der Waals surface area contributed by atoms with Gasteiger partial charge in [-0.25, -0.2) is 0 Å². The van der Waals surface area contributed by atoms with Crippen molar-refractivity contribution in [3.63, 3.8) is 0 Å². The van der Waals surface area contributed by atoms with Gasteiger partial charge in [0.1, 0.15) is 0 Å². The highest BCUT2D eigenvalue weighted by Crippen LogP contribution is 2.45. The monoisotopic (exact) mass is 118 g/mol. The Hall–Kier alpha value is -0.740. The molecule has 0 spiro atoms. The van der Waals surface area contributed by atoms with Crippen LogP contribution in [-0.4, -0.2) is 0 Å². The summed E-state index contributed by atoms with van der Waals surface area (Å²) >= 11 is 0. The van der Waals surface area contributed by atoms with Crippen molar-refractivity contribution in [1.29, 1.82) is 0 Å². The third kappa shape index (κ3) is 0.444. The zero-order chi connectivity index (χ0) is 6.48. The summed E-state index contributed by atoms with van der Waals surface area (Å²) in [4.78, 5) is 0. The number of fused-ring (bicyclic) bond motifs is 2. The van der Waals surface area contributed by atoms with Crippen LogP contribution in [-0.2, 0) is 0 Å². The smallest absolute Gasteiger partial charge is 0.0124 e. The first-order valence-electron chi connectivity index (χ1n) is 3.37. The first kappa shape index (κ1) is 5.08. The van der Waals surface area contributed by atoms with Crippen molar-refractivity contribution >= 4 is 0 Å². The van der Waals surface area contributed by atoms with Gasteiger partial charge in [-0.2, -0.15) is 0 Å². The lowest BCUT2D eigenvalue weighted by Crippen LogP contribution is -2.13. The van der Waals surface area contributed by atoms with Crippen LogP contribution in [0.15, 0.2) is 29.5 Å². The lowest BCUT2D eigenvalue weighted by Gasteiger charge is -2.20. The Bertz CT molecular complexity index is 235. The third-order valence-corrected chi connectivity index (χ3v) is 2.42. The lowest BCUT2D eigenvalue weighted by atomic mass is 9.82. The van der Waals surface area contributed by atoms with Gasteiger partial charge in [0.05, 0.1) is 0 Å². The van der Waals surface area contributed by atoms with Crippen LogP contribution < -0.4 is 0 Å². The molecule has 0 aromatic rings. The predicted molar refractivity (Wildman–Crippen MR) is 38.0 cm³/mol. The summed E-state index contributed by atoms with van der Waals surface area (Å²) in [5.41, 5.74) is 4.98. The standard InChI is InChI=1S/C9H10/c1-9(2)7-3-4-8(9)6-5-7/h3-5,7H,1-2H3. The Labute approximate surface area is 55.6 Å². The fourth-order valence-electron chi connectivity index (χ4n) is 1.51. The van der Waals surface area contributed by atoms with Gasteiger partial charge >= 0.3 is 0 Å². The first-order valence-corrected chi connectivity index (χ1v) is 3.37. The van der Waals surface area contributed by atoms with E-state index < -0.39 is 0 Å². The zero-order valence-corrected chi connectivity index (χ0v) is 5.81. The van der Waals surface area contributed by atoms with E-state index in [-0.39, 0.29) is 0 Å². The van der Waals surface area contributed by atoms with Crippen LogP contribution in [0.3, 0.4) is 0 Å². The molecule has 0 aromatic heterocycles. The van der Waals surface area contributed by atoms with Gasteiger partial charge in [0.2, 0.25) is 0 Å². The average molecular weight is 118 g/mol. The SMILES string of the molecule is CC1(C)C2=C=CC1C=C2. The van der Waals surface area contributed by atoms with Crippen LogP contribution >= 0.6 is 0 Å². The summed E-state index contributed by atoms with van der Waals surface area (Å²) in [5.74, 6) is 0.632. The number of hydrogen-bond donors (Lipinski definition) is 0. The maximum absolute atomic E-state index is 3.25. The highest BCUT2D eigenvalue weighted by Gasteiger charge is 2.36. The van der Waals surface area contributed by atoms with E-state index in [0.29, 0.717) is 11.3 Å². The highest BCUT2D eigenvalue weighted by molar-refractivity contribution is 5.41. The Morgan fingerprint density at radius 1 is 1.56 bits per heavy atom. The predicted octanol–water partition coefficient (Wildman–Crippen LogP) is 2.29. The Kier molecular flexibility index (Phi) is 0.689. The molecule has 1 atom stereocenters. The van der Waals surface area contributed by atoms with E-state index in [4.69, 9.17) is 0 Å². The topological polar surface area (TPSA) is 0 Å². The quantitative estimate of drug-likeness (QED) is 0.428. The van der Waals surface area contributed by atoms with E-state index >= 15 is 0 Å². The molecule has 0 heterocycles. The number of allylic oxidation sites excluding steroid dienone is 3. The molecule has 0 heteroatoms. The molecule has 2 rings (SSSR count). The van der Waals surface area contributed by atoms with Crippen molar-refractivity contribution in [3.8, 4) is 0 Å². The molecule has 0 N–H and O–H groups in total. The van der Waals surface area contributed by atoms with Gasteiger partial charge in [-0.3, -0.25) is 0 Å². The van der Waals surface area contributed by atoms with Crippen LogP contribution in [0.4, 0.5) is 0 Å². The Morgan fingerprint density at radius 2 is 2.33 bits per heavy atom. The van der Waals surface area contributed by atoms with Crippen molar-refractivity contribution in [2.75, 3.05) is 0 Å². The van der Waals surface area contributed by atoms with Crippen molar-refractivity contribution in [3.05, 3.63) is 29.5 Å². The normalized spacial score (nSPS) is 33.6. The van der Waals surface area contributed by atoms with Crippen LogP contribution in [0.25, 0.3) is 0 Å². The van der Waals surface area contributed by atoms with Gasteiger partial charge in [0, 0.05) is 11.3 Å². The maximum atomic E-state index is 3.25. The van der Waals surface area contributed by atoms with Crippen LogP contribution in [0.2, 0.25) is 0 Å². The van der Waals surface area contributed by atoms with Gasteiger partial charge in [-0.05, 0) is 11.6 Å². The molecule has 46 valence electrons. The van der Waals surface area contributed by atoms with Gasteiger partial charge in [0.15, 0.2) is 0 Å². The molecule has 2 bridgehead atoms. The summed E-state index contributed by atoms with van der Waals surface area (Å²) in [7, 11) is 0. The zero-order valence-electron chi connectivity index (χ0n) is 5.81. The average Bonchev–Trinajstić information content (AvgIpc) is 2.24. The molecule has 0 amide bonds. The van der Waals surface area contributed by atoms with Crippen molar-refractivity contribution < 1.29 is 0 Å². The second kappa shape index (κ2) is 1.22. The largest absolute Gasteiger partial charge is 0.120 e. The van der Waals surface area contributed by atoms with Gasteiger partial charge < -0.3 is 0 Å². The molecule has 0 radical (unpaired) electrons. The van der Waals surface area contributed by atoms with Crippen molar-refractivity contribution in [2.45, 2.75) is 13.8 Å². The molecule has 2 aliphatic carbocycles. The van der Waals surface area contributed by atoms with Crippen molar-refractivity contribution in [2.24, 2.45) is 11.3 Å². The molecule has 1 unspecified atom stereocenters. The maximum Gasteiger partial charge on any atom is 0.0124 e. The van der Waals surface area contributed by atoms with E-state index in [1.54, 1.807) is 0 Å². The number of rotatable bonds is 0. The molecule has 0 nitrogen and oxygen atoms in total. The van der Waals surface area contributed by atoms with Gasteiger partial charge in [-0.1, -0.05) is 26.0 Å². The second-order valence-electron chi connectivity index (χ2n) is 3.33. The summed E-state index contributed by atoms with van der Waals surface area (Å²) in [5, 5.41) is 0. The minimum absolute atomic E-state index is 0.361. The molecular formula is C9H10. The molecule has 0 saturated carbocycles. The molecular weight excluding hydrogens is 108 g/mol. The van der Waals surface area contributed by atoms with E-state index in [1.807, 2.05) is 0 Å². The minimum atomic E-state index is 0.361. The summed E-state index contributed by atoms with van der Waals surface area (Å²) in [6, 6.07) is 0. The minimum Gasteiger partial charge on any atom is -0.120 e. The molecule has 0 aromatic carbocycles. The van der Waals surface area contributed by atoms with E-state index in [2.05, 4.69) is 37.8 Å². The molecule has 0 saturated heterocycles. The first-order chi connectivity index (χ1) is 4.21. The van der Waals surface area contributed by atoms with E-state index in [9.17, 15) is 0 Å².